The van der Waals surface area contributed by atoms with Gasteiger partial charge in [-0.05, 0) is 17.9 Å². The highest BCUT2D eigenvalue weighted by atomic mass is 32.1. The molecule has 0 radical (unpaired) electrons. The molecule has 1 spiro atoms. The number of nitrogens with zero attached hydrogens (tertiary/aromatic N) is 1. The molecule has 1 aromatic heterocycles. The molecule has 94 valence electrons. The molecule has 0 bridgehead atoms. The van der Waals surface area contributed by atoms with Crippen molar-refractivity contribution in [2.45, 2.75) is 31.1 Å². The lowest BCUT2D eigenvalue weighted by molar-refractivity contribution is -0.195. The molecule has 0 saturated carbocycles. The van der Waals surface area contributed by atoms with Crippen LogP contribution in [0.1, 0.15) is 17.7 Å². The van der Waals surface area contributed by atoms with Crippen LogP contribution in [-0.2, 0) is 16.0 Å². The Hall–Kier alpha value is -0.420. The van der Waals surface area contributed by atoms with Crippen molar-refractivity contribution >= 4 is 11.3 Å². The largest absolute Gasteiger partial charge is 0.381 e. The molecule has 0 aromatic carbocycles. The normalized spacial score (nSPS) is 28.2. The second kappa shape index (κ2) is 4.69. The van der Waals surface area contributed by atoms with Crippen LogP contribution in [0.4, 0.5) is 0 Å². The lowest BCUT2D eigenvalue weighted by Gasteiger charge is -2.53. The van der Waals surface area contributed by atoms with Gasteiger partial charge in [-0.25, -0.2) is 0 Å². The Labute approximate surface area is 106 Å². The van der Waals surface area contributed by atoms with Gasteiger partial charge in [-0.1, -0.05) is 6.07 Å². The molecular formula is C13H19NO2S. The first-order valence-electron chi connectivity index (χ1n) is 6.21. The van der Waals surface area contributed by atoms with Gasteiger partial charge >= 0.3 is 0 Å². The smallest absolute Gasteiger partial charge is 0.0959 e. The Bertz CT molecular complexity index is 360. The van der Waals surface area contributed by atoms with Crippen LogP contribution in [0.25, 0.3) is 0 Å². The van der Waals surface area contributed by atoms with Crippen LogP contribution in [0, 0.1) is 0 Å². The molecule has 0 N–H and O–H groups in total. The third-order valence-electron chi connectivity index (χ3n) is 3.76. The third-order valence-corrected chi connectivity index (χ3v) is 4.63. The summed E-state index contributed by atoms with van der Waals surface area (Å²) in [5.41, 5.74) is 0.0934. The van der Waals surface area contributed by atoms with Gasteiger partial charge in [-0.3, -0.25) is 4.90 Å². The van der Waals surface area contributed by atoms with Crippen molar-refractivity contribution in [2.24, 2.45) is 0 Å². The van der Waals surface area contributed by atoms with E-state index >= 15 is 0 Å². The lowest BCUT2D eigenvalue weighted by atomic mass is 9.84. The molecule has 4 heteroatoms. The SMILES string of the molecule is CO[C@H]1CCOC2(C1)CN(Cc1cccs1)C2. The first kappa shape index (κ1) is 11.7. The van der Waals surface area contributed by atoms with E-state index in [9.17, 15) is 0 Å². The van der Waals surface area contributed by atoms with Gasteiger partial charge in [0.1, 0.15) is 0 Å². The van der Waals surface area contributed by atoms with Crippen molar-refractivity contribution in [3.05, 3.63) is 22.4 Å². The number of hydrogen-bond donors (Lipinski definition) is 0. The minimum Gasteiger partial charge on any atom is -0.381 e. The van der Waals surface area contributed by atoms with Crippen LogP contribution in [-0.4, -0.2) is 43.4 Å². The van der Waals surface area contributed by atoms with E-state index in [2.05, 4.69) is 22.4 Å². The number of hydrogen-bond acceptors (Lipinski definition) is 4. The molecule has 3 nitrogen and oxygen atoms in total. The molecule has 2 aliphatic rings. The summed E-state index contributed by atoms with van der Waals surface area (Å²) < 4.78 is 11.4. The van der Waals surface area contributed by atoms with Crippen LogP contribution < -0.4 is 0 Å². The molecule has 0 unspecified atom stereocenters. The zero-order valence-electron chi connectivity index (χ0n) is 10.2. The summed E-state index contributed by atoms with van der Waals surface area (Å²) in [5, 5.41) is 2.14. The number of rotatable bonds is 3. The number of methoxy groups -OCH3 is 1. The average Bonchev–Trinajstić information content (AvgIpc) is 2.80. The maximum Gasteiger partial charge on any atom is 0.0959 e. The number of likely N-dealkylation sites (tertiary alicyclic amines) is 1. The molecule has 3 rings (SSSR count). The molecule has 1 atom stereocenters. The van der Waals surface area contributed by atoms with Gasteiger partial charge in [-0.15, -0.1) is 11.3 Å². The van der Waals surface area contributed by atoms with Gasteiger partial charge in [-0.2, -0.15) is 0 Å². The van der Waals surface area contributed by atoms with Crippen molar-refractivity contribution in [1.82, 2.24) is 4.90 Å². The van der Waals surface area contributed by atoms with Gasteiger partial charge < -0.3 is 9.47 Å². The van der Waals surface area contributed by atoms with Gasteiger partial charge in [0.25, 0.3) is 0 Å². The zero-order valence-corrected chi connectivity index (χ0v) is 11.0. The lowest BCUT2D eigenvalue weighted by Crippen LogP contribution is -2.65. The summed E-state index contributed by atoms with van der Waals surface area (Å²) in [5.74, 6) is 0. The van der Waals surface area contributed by atoms with Crippen molar-refractivity contribution in [3.63, 3.8) is 0 Å². The molecular weight excluding hydrogens is 234 g/mol. The summed E-state index contributed by atoms with van der Waals surface area (Å²) in [6.07, 6.45) is 2.50. The highest BCUT2D eigenvalue weighted by Crippen LogP contribution is 2.36. The quantitative estimate of drug-likeness (QED) is 0.823. The second-order valence-electron chi connectivity index (χ2n) is 5.11. The highest BCUT2D eigenvalue weighted by molar-refractivity contribution is 7.09. The summed E-state index contributed by atoms with van der Waals surface area (Å²) in [7, 11) is 1.81. The van der Waals surface area contributed by atoms with Gasteiger partial charge in [0, 0.05) is 44.6 Å². The fourth-order valence-electron chi connectivity index (χ4n) is 2.91. The molecule has 1 aromatic rings. The minimum atomic E-state index is 0.0934. The summed E-state index contributed by atoms with van der Waals surface area (Å²) in [6.45, 7) is 4.04. The fraction of sp³-hybridized carbons (Fsp3) is 0.692. The molecule has 2 aliphatic heterocycles. The number of ether oxygens (including phenoxy) is 2. The van der Waals surface area contributed by atoms with Gasteiger partial charge in [0.05, 0.1) is 11.7 Å². The Morgan fingerprint density at radius 2 is 2.47 bits per heavy atom. The first-order valence-corrected chi connectivity index (χ1v) is 7.09. The predicted molar refractivity (Wildman–Crippen MR) is 68.3 cm³/mol. The summed E-state index contributed by atoms with van der Waals surface area (Å²) in [4.78, 5) is 3.91. The van der Waals surface area contributed by atoms with E-state index in [1.807, 2.05) is 18.4 Å². The molecule has 17 heavy (non-hydrogen) atoms. The van der Waals surface area contributed by atoms with Crippen molar-refractivity contribution in [1.29, 1.82) is 0 Å². The van der Waals surface area contributed by atoms with Crippen LogP contribution in [0.3, 0.4) is 0 Å². The standard InChI is InChI=1S/C13H19NO2S/c1-15-11-4-5-16-13(7-11)9-14(10-13)8-12-3-2-6-17-12/h2-3,6,11H,4-5,7-10H2,1H3/t11-/m0/s1. The number of thiophene rings is 1. The molecule has 2 saturated heterocycles. The summed E-state index contributed by atoms with van der Waals surface area (Å²) in [6, 6.07) is 4.32. The van der Waals surface area contributed by atoms with Crippen LogP contribution in [0.15, 0.2) is 17.5 Å². The van der Waals surface area contributed by atoms with Crippen molar-refractivity contribution < 1.29 is 9.47 Å². The summed E-state index contributed by atoms with van der Waals surface area (Å²) >= 11 is 1.83. The van der Waals surface area contributed by atoms with Gasteiger partial charge in [0.15, 0.2) is 0 Å². The predicted octanol–water partition coefficient (Wildman–Crippen LogP) is 2.13. The maximum atomic E-state index is 5.96. The average molecular weight is 253 g/mol. The second-order valence-corrected chi connectivity index (χ2v) is 6.14. The van der Waals surface area contributed by atoms with Crippen molar-refractivity contribution in [2.75, 3.05) is 26.8 Å². The van der Waals surface area contributed by atoms with E-state index in [1.165, 1.54) is 4.88 Å². The van der Waals surface area contributed by atoms with E-state index in [1.54, 1.807) is 0 Å². The zero-order chi connectivity index (χ0) is 11.7. The topological polar surface area (TPSA) is 21.7 Å². The monoisotopic (exact) mass is 253 g/mol. The van der Waals surface area contributed by atoms with Crippen LogP contribution >= 0.6 is 11.3 Å². The van der Waals surface area contributed by atoms with Crippen molar-refractivity contribution in [3.8, 4) is 0 Å². The fourth-order valence-corrected chi connectivity index (χ4v) is 3.65. The minimum absolute atomic E-state index is 0.0934. The highest BCUT2D eigenvalue weighted by Gasteiger charge is 2.47. The molecule has 0 aliphatic carbocycles. The molecule has 2 fully saturated rings. The molecule has 3 heterocycles. The van der Waals surface area contributed by atoms with Crippen LogP contribution in [0.5, 0.6) is 0 Å². The van der Waals surface area contributed by atoms with E-state index in [-0.39, 0.29) is 5.60 Å². The molecule has 0 amide bonds. The van der Waals surface area contributed by atoms with E-state index in [0.717, 1.165) is 39.1 Å². The van der Waals surface area contributed by atoms with E-state index in [4.69, 9.17) is 9.47 Å². The first-order chi connectivity index (χ1) is 8.30. The van der Waals surface area contributed by atoms with E-state index < -0.39 is 0 Å². The van der Waals surface area contributed by atoms with Crippen LogP contribution in [0.2, 0.25) is 0 Å². The van der Waals surface area contributed by atoms with Gasteiger partial charge in [0.2, 0.25) is 0 Å². The Kier molecular flexibility index (Phi) is 3.21. The Morgan fingerprint density at radius 1 is 1.59 bits per heavy atom. The Morgan fingerprint density at radius 3 is 3.18 bits per heavy atom. The third kappa shape index (κ3) is 2.40. The maximum absolute atomic E-state index is 5.96. The van der Waals surface area contributed by atoms with E-state index in [0.29, 0.717) is 6.10 Å². The Balaban J connectivity index is 1.53.